The van der Waals surface area contributed by atoms with Crippen molar-refractivity contribution in [2.45, 2.75) is 25.8 Å². The van der Waals surface area contributed by atoms with Gasteiger partial charge in [-0.3, -0.25) is 9.59 Å². The van der Waals surface area contributed by atoms with Crippen LogP contribution in [-0.4, -0.2) is 50.5 Å². The van der Waals surface area contributed by atoms with E-state index in [-0.39, 0.29) is 17.5 Å². The van der Waals surface area contributed by atoms with Gasteiger partial charge in [0.15, 0.2) is 0 Å². The first-order chi connectivity index (χ1) is 13.6. The molecule has 0 saturated carbocycles. The maximum Gasteiger partial charge on any atom is 0.264 e. The number of aryl methyl sites for hydroxylation is 1. The number of halogens is 1. The highest BCUT2D eigenvalue weighted by atomic mass is 32.2. The molecule has 3 rings (SSSR count). The fourth-order valence-corrected chi connectivity index (χ4v) is 5.11. The van der Waals surface area contributed by atoms with Crippen LogP contribution in [0.2, 0.25) is 0 Å². The Morgan fingerprint density at radius 3 is 2.72 bits per heavy atom. The van der Waals surface area contributed by atoms with Crippen molar-refractivity contribution in [1.29, 1.82) is 0 Å². The second-order valence-electron chi connectivity index (χ2n) is 7.07. The van der Waals surface area contributed by atoms with Gasteiger partial charge in [0.05, 0.1) is 16.1 Å². The van der Waals surface area contributed by atoms with Crippen LogP contribution in [0.3, 0.4) is 0 Å². The first kappa shape index (κ1) is 21.4. The Labute approximate surface area is 173 Å². The summed E-state index contributed by atoms with van der Waals surface area (Å²) in [4.78, 5) is 27.4. The molecule has 1 aromatic heterocycles. The van der Waals surface area contributed by atoms with Gasteiger partial charge < -0.3 is 10.2 Å². The molecule has 10 heteroatoms. The summed E-state index contributed by atoms with van der Waals surface area (Å²) < 4.78 is 38.8. The standard InChI is InChI=1S/C19H22FN3O4S2/c1-12-9-16(21-18(24)13-5-3-6-14(20)10-13)28-17(12)19(25)23-8-4-7-15(11-23)22-29(2,26)27/h3,5-6,9-10,15,22H,4,7-8,11H2,1-2H3,(H,21,24)/t15-/m0/s1. The van der Waals surface area contributed by atoms with E-state index >= 15 is 0 Å². The predicted molar refractivity (Wildman–Crippen MR) is 110 cm³/mol. The van der Waals surface area contributed by atoms with Gasteiger partial charge in [-0.15, -0.1) is 11.3 Å². The van der Waals surface area contributed by atoms with E-state index < -0.39 is 21.7 Å². The topological polar surface area (TPSA) is 95.6 Å². The molecule has 0 unspecified atom stereocenters. The van der Waals surface area contributed by atoms with E-state index in [2.05, 4.69) is 10.0 Å². The van der Waals surface area contributed by atoms with Crippen molar-refractivity contribution in [2.75, 3.05) is 24.7 Å². The lowest BCUT2D eigenvalue weighted by Gasteiger charge is -2.32. The Bertz CT molecular complexity index is 1040. The molecule has 2 N–H and O–H groups in total. The molecular weight excluding hydrogens is 417 g/mol. The molecular formula is C19H22FN3O4S2. The summed E-state index contributed by atoms with van der Waals surface area (Å²) in [5.74, 6) is -1.16. The van der Waals surface area contributed by atoms with Crippen molar-refractivity contribution in [3.8, 4) is 0 Å². The van der Waals surface area contributed by atoms with Gasteiger partial charge in [-0.2, -0.15) is 0 Å². The van der Waals surface area contributed by atoms with E-state index in [9.17, 15) is 22.4 Å². The lowest BCUT2D eigenvalue weighted by Crippen LogP contribution is -2.49. The van der Waals surface area contributed by atoms with E-state index in [0.29, 0.717) is 41.4 Å². The number of benzene rings is 1. The molecule has 156 valence electrons. The van der Waals surface area contributed by atoms with Crippen LogP contribution in [0, 0.1) is 12.7 Å². The van der Waals surface area contributed by atoms with Gasteiger partial charge in [0, 0.05) is 24.7 Å². The van der Waals surface area contributed by atoms with Gasteiger partial charge >= 0.3 is 0 Å². The number of nitrogens with zero attached hydrogens (tertiary/aromatic N) is 1. The molecule has 1 saturated heterocycles. The number of sulfonamides is 1. The Morgan fingerprint density at radius 2 is 2.03 bits per heavy atom. The third-order valence-corrected chi connectivity index (χ3v) is 6.43. The molecule has 0 radical (unpaired) electrons. The average molecular weight is 440 g/mol. The number of amides is 2. The largest absolute Gasteiger partial charge is 0.336 e. The summed E-state index contributed by atoms with van der Waals surface area (Å²) in [5.41, 5.74) is 0.905. The number of likely N-dealkylation sites (tertiary alicyclic amines) is 1. The first-order valence-electron chi connectivity index (χ1n) is 9.06. The van der Waals surface area contributed by atoms with Gasteiger partial charge in [-0.1, -0.05) is 6.07 Å². The molecule has 1 fully saturated rings. The fraction of sp³-hybridized carbons (Fsp3) is 0.368. The van der Waals surface area contributed by atoms with Crippen molar-refractivity contribution < 1.29 is 22.4 Å². The Hall–Kier alpha value is -2.30. The Kier molecular flexibility index (Phi) is 6.35. The number of anilines is 1. The lowest BCUT2D eigenvalue weighted by molar-refractivity contribution is 0.0707. The van der Waals surface area contributed by atoms with Crippen molar-refractivity contribution in [1.82, 2.24) is 9.62 Å². The van der Waals surface area contributed by atoms with Crippen molar-refractivity contribution in [2.24, 2.45) is 0 Å². The van der Waals surface area contributed by atoms with Crippen LogP contribution < -0.4 is 10.0 Å². The van der Waals surface area contributed by atoms with E-state index in [1.54, 1.807) is 17.9 Å². The summed E-state index contributed by atoms with van der Waals surface area (Å²) in [6.45, 7) is 2.62. The maximum absolute atomic E-state index is 13.3. The number of piperidine rings is 1. The third-order valence-electron chi connectivity index (χ3n) is 4.52. The fourth-order valence-electron chi connectivity index (χ4n) is 3.27. The van der Waals surface area contributed by atoms with E-state index in [0.717, 1.165) is 23.7 Å². The number of thiophene rings is 1. The summed E-state index contributed by atoms with van der Waals surface area (Å²) in [7, 11) is -3.34. The summed E-state index contributed by atoms with van der Waals surface area (Å²) in [6.07, 6.45) is 2.48. The molecule has 1 aliphatic heterocycles. The van der Waals surface area contributed by atoms with Gasteiger partial charge in [-0.05, 0) is 49.6 Å². The summed E-state index contributed by atoms with van der Waals surface area (Å²) in [6, 6.07) is 6.75. The molecule has 2 aromatic rings. The van der Waals surface area contributed by atoms with Crippen LogP contribution in [0.5, 0.6) is 0 Å². The minimum absolute atomic E-state index is 0.189. The molecule has 1 aromatic carbocycles. The zero-order valence-electron chi connectivity index (χ0n) is 16.1. The van der Waals surface area contributed by atoms with Crippen molar-refractivity contribution in [3.05, 3.63) is 52.2 Å². The van der Waals surface area contributed by atoms with Crippen LogP contribution >= 0.6 is 11.3 Å². The zero-order valence-corrected chi connectivity index (χ0v) is 17.7. The average Bonchev–Trinajstić information content (AvgIpc) is 3.00. The van der Waals surface area contributed by atoms with E-state index in [4.69, 9.17) is 0 Å². The number of rotatable bonds is 5. The molecule has 1 aliphatic rings. The molecule has 0 spiro atoms. The normalized spacial score (nSPS) is 17.2. The smallest absolute Gasteiger partial charge is 0.264 e. The minimum atomic E-state index is -3.34. The predicted octanol–water partition coefficient (Wildman–Crippen LogP) is 2.60. The van der Waals surface area contributed by atoms with Crippen LogP contribution in [0.15, 0.2) is 30.3 Å². The maximum atomic E-state index is 13.3. The highest BCUT2D eigenvalue weighted by Crippen LogP contribution is 2.29. The molecule has 7 nitrogen and oxygen atoms in total. The van der Waals surface area contributed by atoms with Crippen molar-refractivity contribution in [3.63, 3.8) is 0 Å². The minimum Gasteiger partial charge on any atom is -0.336 e. The summed E-state index contributed by atoms with van der Waals surface area (Å²) >= 11 is 1.15. The van der Waals surface area contributed by atoms with Gasteiger partial charge in [-0.25, -0.2) is 17.5 Å². The van der Waals surface area contributed by atoms with Crippen molar-refractivity contribution >= 4 is 38.2 Å². The monoisotopic (exact) mass is 439 g/mol. The van der Waals surface area contributed by atoms with E-state index in [1.165, 1.54) is 18.2 Å². The SMILES string of the molecule is Cc1cc(NC(=O)c2cccc(F)c2)sc1C(=O)N1CCC[C@H](NS(C)(=O)=O)C1. The van der Waals surface area contributed by atoms with Crippen LogP contribution in [0.4, 0.5) is 9.39 Å². The van der Waals surface area contributed by atoms with Gasteiger partial charge in [0.25, 0.3) is 11.8 Å². The first-order valence-corrected chi connectivity index (χ1v) is 11.8. The summed E-state index contributed by atoms with van der Waals surface area (Å²) in [5, 5.41) is 3.18. The highest BCUT2D eigenvalue weighted by Gasteiger charge is 2.28. The number of hydrogen-bond acceptors (Lipinski definition) is 5. The van der Waals surface area contributed by atoms with Crippen LogP contribution in [0.1, 0.15) is 38.4 Å². The second kappa shape index (κ2) is 8.60. The lowest BCUT2D eigenvalue weighted by atomic mass is 10.1. The molecule has 29 heavy (non-hydrogen) atoms. The second-order valence-corrected chi connectivity index (χ2v) is 9.90. The highest BCUT2D eigenvalue weighted by molar-refractivity contribution is 7.88. The number of carbonyl (C=O) groups is 2. The van der Waals surface area contributed by atoms with Crippen LogP contribution in [0.25, 0.3) is 0 Å². The van der Waals surface area contributed by atoms with Gasteiger partial charge in [0.2, 0.25) is 10.0 Å². The molecule has 1 atom stereocenters. The molecule has 0 aliphatic carbocycles. The van der Waals surface area contributed by atoms with Crippen LogP contribution in [-0.2, 0) is 10.0 Å². The molecule has 0 bridgehead atoms. The zero-order chi connectivity index (χ0) is 21.2. The molecule has 2 heterocycles. The number of nitrogens with one attached hydrogen (secondary N) is 2. The Balaban J connectivity index is 1.70. The Morgan fingerprint density at radius 1 is 1.28 bits per heavy atom. The third kappa shape index (κ3) is 5.62. The van der Waals surface area contributed by atoms with E-state index in [1.807, 2.05) is 0 Å². The molecule has 2 amide bonds. The quantitative estimate of drug-likeness (QED) is 0.749. The number of carbonyl (C=O) groups excluding carboxylic acids is 2. The van der Waals surface area contributed by atoms with Gasteiger partial charge in [0.1, 0.15) is 5.82 Å². The number of hydrogen-bond donors (Lipinski definition) is 2.